The third kappa shape index (κ3) is 4.02. The summed E-state index contributed by atoms with van der Waals surface area (Å²) in [4.78, 5) is 14.4. The molecule has 2 aromatic rings. The summed E-state index contributed by atoms with van der Waals surface area (Å²) in [7, 11) is 0. The Kier molecular flexibility index (Phi) is 5.08. The molecule has 132 valence electrons. The van der Waals surface area contributed by atoms with E-state index in [1.807, 2.05) is 60.7 Å². The molecule has 6 heteroatoms. The smallest absolute Gasteiger partial charge is 0.332 e. The van der Waals surface area contributed by atoms with Gasteiger partial charge in [0.25, 0.3) is 0 Å². The summed E-state index contributed by atoms with van der Waals surface area (Å²) in [6.45, 7) is 0.954. The first-order valence-electron chi connectivity index (χ1n) is 8.17. The van der Waals surface area contributed by atoms with E-state index in [9.17, 15) is 18.0 Å². The third-order valence-electron chi connectivity index (χ3n) is 4.44. The first-order chi connectivity index (χ1) is 12.0. The minimum absolute atomic E-state index is 0.0365. The molecule has 0 radical (unpaired) electrons. The zero-order valence-corrected chi connectivity index (χ0v) is 13.6. The molecule has 1 saturated heterocycles. The average Bonchev–Trinajstić information content (AvgIpc) is 2.63. The number of alkyl halides is 3. The van der Waals surface area contributed by atoms with Gasteiger partial charge < -0.3 is 4.90 Å². The lowest BCUT2D eigenvalue weighted by Gasteiger charge is -2.39. The van der Waals surface area contributed by atoms with Crippen LogP contribution < -0.4 is 0 Å². The summed E-state index contributed by atoms with van der Waals surface area (Å²) in [6.07, 6.45) is -4.81. The lowest BCUT2D eigenvalue weighted by atomic mass is 9.96. The summed E-state index contributed by atoms with van der Waals surface area (Å²) in [5.74, 6) is -1.75. The molecule has 3 rings (SSSR count). The molecule has 0 spiro atoms. The van der Waals surface area contributed by atoms with Crippen molar-refractivity contribution < 1.29 is 18.0 Å². The van der Waals surface area contributed by atoms with Gasteiger partial charge in [0.05, 0.1) is 6.04 Å². The number of benzene rings is 2. The van der Waals surface area contributed by atoms with E-state index in [1.165, 1.54) is 0 Å². The van der Waals surface area contributed by atoms with E-state index in [4.69, 9.17) is 0 Å². The standard InChI is InChI=1S/C19H19F3N2O/c20-19(21,22)18(25)24-13-11-23(12-14-24)17(15-7-3-1-4-8-15)16-9-5-2-6-10-16/h1-10,17H,11-14H2. The lowest BCUT2D eigenvalue weighted by Crippen LogP contribution is -2.53. The quantitative estimate of drug-likeness (QED) is 0.848. The molecule has 0 bridgehead atoms. The van der Waals surface area contributed by atoms with Crippen LogP contribution >= 0.6 is 0 Å². The van der Waals surface area contributed by atoms with E-state index in [-0.39, 0.29) is 19.1 Å². The Labute approximate surface area is 144 Å². The van der Waals surface area contributed by atoms with Crippen molar-refractivity contribution in [1.82, 2.24) is 9.80 Å². The van der Waals surface area contributed by atoms with Crippen LogP contribution in [-0.4, -0.2) is 48.1 Å². The Morgan fingerprint density at radius 2 is 1.24 bits per heavy atom. The van der Waals surface area contributed by atoms with Gasteiger partial charge in [-0.25, -0.2) is 0 Å². The normalized spacial score (nSPS) is 16.2. The third-order valence-corrected chi connectivity index (χ3v) is 4.44. The minimum Gasteiger partial charge on any atom is -0.332 e. The van der Waals surface area contributed by atoms with Gasteiger partial charge in [0.2, 0.25) is 0 Å². The van der Waals surface area contributed by atoms with Crippen molar-refractivity contribution in [2.24, 2.45) is 0 Å². The van der Waals surface area contributed by atoms with Crippen molar-refractivity contribution in [1.29, 1.82) is 0 Å². The largest absolute Gasteiger partial charge is 0.471 e. The Morgan fingerprint density at radius 3 is 1.64 bits per heavy atom. The number of carbonyl (C=O) groups excluding carboxylic acids is 1. The number of hydrogen-bond acceptors (Lipinski definition) is 2. The van der Waals surface area contributed by atoms with Gasteiger partial charge in [-0.2, -0.15) is 13.2 Å². The summed E-state index contributed by atoms with van der Waals surface area (Å²) in [5, 5.41) is 0. The molecule has 1 aliphatic heterocycles. The van der Waals surface area contributed by atoms with Crippen LogP contribution in [0.5, 0.6) is 0 Å². The molecule has 1 heterocycles. The Balaban J connectivity index is 1.79. The van der Waals surface area contributed by atoms with Gasteiger partial charge in [-0.15, -0.1) is 0 Å². The summed E-state index contributed by atoms with van der Waals surface area (Å²) in [5.41, 5.74) is 2.17. The highest BCUT2D eigenvalue weighted by molar-refractivity contribution is 5.81. The van der Waals surface area contributed by atoms with Gasteiger partial charge in [0.1, 0.15) is 0 Å². The van der Waals surface area contributed by atoms with E-state index >= 15 is 0 Å². The zero-order chi connectivity index (χ0) is 17.9. The predicted octanol–water partition coefficient (Wildman–Crippen LogP) is 3.48. The fraction of sp³-hybridized carbons (Fsp3) is 0.316. The van der Waals surface area contributed by atoms with Crippen molar-refractivity contribution in [2.75, 3.05) is 26.2 Å². The van der Waals surface area contributed by atoms with Crippen LogP contribution in [0.1, 0.15) is 17.2 Å². The van der Waals surface area contributed by atoms with E-state index < -0.39 is 12.1 Å². The second kappa shape index (κ2) is 7.27. The van der Waals surface area contributed by atoms with E-state index in [1.54, 1.807) is 0 Å². The van der Waals surface area contributed by atoms with Crippen LogP contribution in [0.4, 0.5) is 13.2 Å². The number of amides is 1. The molecule has 0 aliphatic carbocycles. The fourth-order valence-corrected chi connectivity index (χ4v) is 3.25. The average molecular weight is 348 g/mol. The molecule has 2 aromatic carbocycles. The lowest BCUT2D eigenvalue weighted by molar-refractivity contribution is -0.187. The molecule has 1 fully saturated rings. The highest BCUT2D eigenvalue weighted by Gasteiger charge is 2.43. The van der Waals surface area contributed by atoms with Crippen LogP contribution in [0.25, 0.3) is 0 Å². The van der Waals surface area contributed by atoms with Gasteiger partial charge in [-0.3, -0.25) is 9.69 Å². The molecule has 0 aromatic heterocycles. The van der Waals surface area contributed by atoms with Crippen molar-refractivity contribution in [2.45, 2.75) is 12.2 Å². The second-order valence-electron chi connectivity index (χ2n) is 6.05. The van der Waals surface area contributed by atoms with E-state index in [0.29, 0.717) is 13.1 Å². The van der Waals surface area contributed by atoms with Crippen molar-refractivity contribution in [3.8, 4) is 0 Å². The molecular formula is C19H19F3N2O. The number of nitrogens with zero attached hydrogens (tertiary/aromatic N) is 2. The maximum absolute atomic E-state index is 12.6. The van der Waals surface area contributed by atoms with Crippen molar-refractivity contribution in [3.05, 3.63) is 71.8 Å². The Hall–Kier alpha value is -2.34. The van der Waals surface area contributed by atoms with Gasteiger partial charge in [0, 0.05) is 26.2 Å². The first kappa shape index (κ1) is 17.5. The summed E-state index contributed by atoms with van der Waals surface area (Å²) in [6, 6.07) is 19.7. The van der Waals surface area contributed by atoms with Crippen LogP contribution in [0.15, 0.2) is 60.7 Å². The maximum atomic E-state index is 12.6. The second-order valence-corrected chi connectivity index (χ2v) is 6.05. The highest BCUT2D eigenvalue weighted by atomic mass is 19.4. The molecular weight excluding hydrogens is 329 g/mol. The van der Waals surface area contributed by atoms with Crippen molar-refractivity contribution in [3.63, 3.8) is 0 Å². The van der Waals surface area contributed by atoms with Crippen LogP contribution in [0.2, 0.25) is 0 Å². The molecule has 1 aliphatic rings. The molecule has 0 unspecified atom stereocenters. The predicted molar refractivity (Wildman–Crippen MR) is 88.9 cm³/mol. The Bertz CT molecular complexity index is 656. The van der Waals surface area contributed by atoms with Crippen LogP contribution in [0, 0.1) is 0 Å². The summed E-state index contributed by atoms with van der Waals surface area (Å²) >= 11 is 0. The van der Waals surface area contributed by atoms with Gasteiger partial charge in [-0.05, 0) is 11.1 Å². The minimum atomic E-state index is -4.81. The number of rotatable bonds is 3. The van der Waals surface area contributed by atoms with Gasteiger partial charge >= 0.3 is 12.1 Å². The first-order valence-corrected chi connectivity index (χ1v) is 8.17. The molecule has 1 amide bonds. The van der Waals surface area contributed by atoms with Crippen LogP contribution in [-0.2, 0) is 4.79 Å². The molecule has 3 nitrogen and oxygen atoms in total. The fourth-order valence-electron chi connectivity index (χ4n) is 3.25. The van der Waals surface area contributed by atoms with E-state index in [0.717, 1.165) is 16.0 Å². The van der Waals surface area contributed by atoms with E-state index in [2.05, 4.69) is 4.90 Å². The topological polar surface area (TPSA) is 23.6 Å². The van der Waals surface area contributed by atoms with Crippen molar-refractivity contribution >= 4 is 5.91 Å². The van der Waals surface area contributed by atoms with Gasteiger partial charge in [0.15, 0.2) is 0 Å². The number of piperazine rings is 1. The SMILES string of the molecule is O=C(N1CCN(C(c2ccccc2)c2ccccc2)CC1)C(F)(F)F. The monoisotopic (exact) mass is 348 g/mol. The number of carbonyl (C=O) groups is 1. The molecule has 25 heavy (non-hydrogen) atoms. The molecule has 0 N–H and O–H groups in total. The highest BCUT2D eigenvalue weighted by Crippen LogP contribution is 2.30. The molecule has 0 atom stereocenters. The zero-order valence-electron chi connectivity index (χ0n) is 13.6. The maximum Gasteiger partial charge on any atom is 0.471 e. The van der Waals surface area contributed by atoms with Gasteiger partial charge in [-0.1, -0.05) is 60.7 Å². The number of hydrogen-bond donors (Lipinski definition) is 0. The summed E-state index contributed by atoms with van der Waals surface area (Å²) < 4.78 is 37.8. The Morgan fingerprint density at radius 1 is 0.800 bits per heavy atom. The molecule has 0 saturated carbocycles. The number of halogens is 3. The van der Waals surface area contributed by atoms with Crippen LogP contribution in [0.3, 0.4) is 0 Å².